The summed E-state index contributed by atoms with van der Waals surface area (Å²) in [4.78, 5) is 0. The van der Waals surface area contributed by atoms with Gasteiger partial charge in [-0.1, -0.05) is 30.3 Å². The highest BCUT2D eigenvalue weighted by Gasteiger charge is 2.90. The fourth-order valence-corrected chi connectivity index (χ4v) is 3.59. The first-order valence-electron chi connectivity index (χ1n) is 6.07. The zero-order chi connectivity index (χ0) is 10.6. The number of benzene rings is 1. The molecule has 84 valence electrons. The molecule has 16 heavy (non-hydrogen) atoms. The Kier molecular flexibility index (Phi) is 1.65. The molecule has 1 aliphatic heterocycles. The summed E-state index contributed by atoms with van der Waals surface area (Å²) in [6, 6.07) is 10.4. The molecule has 3 aliphatic rings. The minimum Gasteiger partial charge on any atom is -0.380 e. The van der Waals surface area contributed by atoms with Gasteiger partial charge in [0.15, 0.2) is 0 Å². The highest BCUT2D eigenvalue weighted by Crippen LogP contribution is 2.90. The van der Waals surface area contributed by atoms with Crippen molar-refractivity contribution in [3.63, 3.8) is 0 Å². The van der Waals surface area contributed by atoms with Crippen LogP contribution < -0.4 is 0 Å². The van der Waals surface area contributed by atoms with E-state index in [9.17, 15) is 0 Å². The van der Waals surface area contributed by atoms with Gasteiger partial charge >= 0.3 is 0 Å². The minimum absolute atomic E-state index is 0.432. The van der Waals surface area contributed by atoms with E-state index in [-0.39, 0.29) is 0 Å². The third-order valence-electron chi connectivity index (χ3n) is 4.84. The molecule has 0 N–H and O–H groups in total. The summed E-state index contributed by atoms with van der Waals surface area (Å²) in [7, 11) is 0. The molecule has 1 aromatic rings. The lowest BCUT2D eigenvalue weighted by Crippen LogP contribution is -2.23. The van der Waals surface area contributed by atoms with Crippen LogP contribution in [-0.4, -0.2) is 19.8 Å². The monoisotopic (exact) mass is 216 g/mol. The first-order chi connectivity index (χ1) is 7.87. The zero-order valence-electron chi connectivity index (χ0n) is 9.32. The van der Waals surface area contributed by atoms with Gasteiger partial charge in [-0.15, -0.1) is 0 Å². The van der Waals surface area contributed by atoms with E-state index in [4.69, 9.17) is 9.47 Å². The standard InChI is InChI=1S/C14H16O2/c1-2-4-11(5-3-1)7-15-9-14-10-16-8-13(14)6-12(13)14/h1-5,12H,6-10H2/t12?,13-,14+/m0/s1. The normalized spacial score (nSPS) is 42.6. The lowest BCUT2D eigenvalue weighted by molar-refractivity contribution is 0.0381. The van der Waals surface area contributed by atoms with Gasteiger partial charge in [-0.05, 0) is 17.9 Å². The van der Waals surface area contributed by atoms with Crippen LogP contribution in [0.2, 0.25) is 0 Å². The van der Waals surface area contributed by atoms with Gasteiger partial charge in [-0.3, -0.25) is 0 Å². The Hall–Kier alpha value is -0.860. The van der Waals surface area contributed by atoms with Gasteiger partial charge in [-0.2, -0.15) is 0 Å². The van der Waals surface area contributed by atoms with Crippen LogP contribution in [0.5, 0.6) is 0 Å². The Morgan fingerprint density at radius 1 is 1.25 bits per heavy atom. The van der Waals surface area contributed by atoms with Gasteiger partial charge in [0.05, 0.1) is 26.4 Å². The van der Waals surface area contributed by atoms with E-state index in [1.165, 1.54) is 12.0 Å². The van der Waals surface area contributed by atoms with Gasteiger partial charge in [0.2, 0.25) is 0 Å². The summed E-state index contributed by atoms with van der Waals surface area (Å²) in [5.74, 6) is 0.935. The maximum absolute atomic E-state index is 5.86. The summed E-state index contributed by atoms with van der Waals surface area (Å²) >= 11 is 0. The molecule has 3 atom stereocenters. The third kappa shape index (κ3) is 0.994. The first kappa shape index (κ1) is 9.20. The average molecular weight is 216 g/mol. The number of hydrogen-bond acceptors (Lipinski definition) is 2. The summed E-state index contributed by atoms with van der Waals surface area (Å²) in [6.07, 6.45) is 1.39. The van der Waals surface area contributed by atoms with Crippen LogP contribution in [0.1, 0.15) is 12.0 Å². The van der Waals surface area contributed by atoms with E-state index in [0.29, 0.717) is 10.8 Å². The van der Waals surface area contributed by atoms with Gasteiger partial charge in [0.1, 0.15) is 0 Å². The fourth-order valence-electron chi connectivity index (χ4n) is 3.59. The second-order valence-electron chi connectivity index (χ2n) is 5.54. The molecule has 0 radical (unpaired) electrons. The van der Waals surface area contributed by atoms with Crippen LogP contribution in [0.25, 0.3) is 0 Å². The molecule has 2 heteroatoms. The van der Waals surface area contributed by atoms with Crippen LogP contribution in [0.15, 0.2) is 30.3 Å². The van der Waals surface area contributed by atoms with Gasteiger partial charge in [0, 0.05) is 10.8 Å². The van der Waals surface area contributed by atoms with Crippen molar-refractivity contribution in [2.24, 2.45) is 16.7 Å². The molecule has 2 saturated carbocycles. The molecule has 1 spiro atoms. The summed E-state index contributed by atoms with van der Waals surface area (Å²) in [5, 5.41) is 0. The summed E-state index contributed by atoms with van der Waals surface area (Å²) in [6.45, 7) is 3.57. The van der Waals surface area contributed by atoms with E-state index in [1.54, 1.807) is 0 Å². The first-order valence-corrected chi connectivity index (χ1v) is 6.07. The second kappa shape index (κ2) is 2.88. The lowest BCUT2D eigenvalue weighted by Gasteiger charge is -2.19. The van der Waals surface area contributed by atoms with Gasteiger partial charge in [0.25, 0.3) is 0 Å². The van der Waals surface area contributed by atoms with Crippen molar-refractivity contribution in [2.75, 3.05) is 19.8 Å². The molecule has 1 unspecified atom stereocenters. The highest BCUT2D eigenvalue weighted by molar-refractivity contribution is 5.37. The summed E-state index contributed by atoms with van der Waals surface area (Å²) in [5.41, 5.74) is 2.27. The molecule has 3 fully saturated rings. The summed E-state index contributed by atoms with van der Waals surface area (Å²) < 4.78 is 11.4. The van der Waals surface area contributed by atoms with E-state index in [1.807, 2.05) is 6.07 Å². The lowest BCUT2D eigenvalue weighted by atomic mass is 9.92. The molecular formula is C14H16O2. The van der Waals surface area contributed by atoms with Crippen LogP contribution >= 0.6 is 0 Å². The predicted molar refractivity (Wildman–Crippen MR) is 59.9 cm³/mol. The van der Waals surface area contributed by atoms with E-state index in [2.05, 4.69) is 24.3 Å². The maximum Gasteiger partial charge on any atom is 0.0717 e. The van der Waals surface area contributed by atoms with Gasteiger partial charge in [-0.25, -0.2) is 0 Å². The Morgan fingerprint density at radius 2 is 2.12 bits per heavy atom. The molecule has 2 nitrogen and oxygen atoms in total. The van der Waals surface area contributed by atoms with Crippen molar-refractivity contribution in [3.8, 4) is 0 Å². The highest BCUT2D eigenvalue weighted by atomic mass is 16.5. The van der Waals surface area contributed by atoms with Crippen molar-refractivity contribution in [3.05, 3.63) is 35.9 Å². The van der Waals surface area contributed by atoms with Crippen molar-refractivity contribution in [1.82, 2.24) is 0 Å². The molecule has 4 rings (SSSR count). The third-order valence-corrected chi connectivity index (χ3v) is 4.84. The maximum atomic E-state index is 5.86. The quantitative estimate of drug-likeness (QED) is 0.768. The Morgan fingerprint density at radius 3 is 2.81 bits per heavy atom. The minimum atomic E-state index is 0.432. The van der Waals surface area contributed by atoms with Crippen LogP contribution in [0.3, 0.4) is 0 Å². The van der Waals surface area contributed by atoms with Crippen LogP contribution in [-0.2, 0) is 16.1 Å². The van der Waals surface area contributed by atoms with Crippen LogP contribution in [0, 0.1) is 16.7 Å². The average Bonchev–Trinajstić information content (AvgIpc) is 3.13. The molecule has 1 aromatic carbocycles. The molecule has 1 saturated heterocycles. The Bertz CT molecular complexity index is 416. The van der Waals surface area contributed by atoms with Crippen molar-refractivity contribution in [2.45, 2.75) is 13.0 Å². The second-order valence-corrected chi connectivity index (χ2v) is 5.54. The van der Waals surface area contributed by atoms with Gasteiger partial charge < -0.3 is 9.47 Å². The topological polar surface area (TPSA) is 18.5 Å². The van der Waals surface area contributed by atoms with E-state index >= 15 is 0 Å². The fraction of sp³-hybridized carbons (Fsp3) is 0.571. The van der Waals surface area contributed by atoms with Crippen molar-refractivity contribution in [1.29, 1.82) is 0 Å². The van der Waals surface area contributed by atoms with E-state index in [0.717, 1.165) is 32.3 Å². The van der Waals surface area contributed by atoms with Crippen LogP contribution in [0.4, 0.5) is 0 Å². The molecule has 0 bridgehead atoms. The SMILES string of the molecule is c1ccc(COC[C@]23COC[C@]24CC34)cc1. The molecule has 2 aliphatic carbocycles. The number of ether oxygens (including phenoxy) is 2. The molecular weight excluding hydrogens is 200 g/mol. The van der Waals surface area contributed by atoms with Crippen molar-refractivity contribution < 1.29 is 9.47 Å². The molecule has 0 amide bonds. The largest absolute Gasteiger partial charge is 0.380 e. The molecule has 1 heterocycles. The molecule has 0 aromatic heterocycles. The van der Waals surface area contributed by atoms with Crippen molar-refractivity contribution >= 4 is 0 Å². The number of hydrogen-bond donors (Lipinski definition) is 0. The number of fused-ring (bicyclic) bond motifs is 1. The predicted octanol–water partition coefficient (Wildman–Crippen LogP) is 2.24. The Balaban J connectivity index is 1.35. The number of rotatable bonds is 4. The zero-order valence-corrected chi connectivity index (χ0v) is 9.32. The van der Waals surface area contributed by atoms with E-state index < -0.39 is 0 Å². The smallest absolute Gasteiger partial charge is 0.0717 e. The Labute approximate surface area is 95.6 Å².